The number of fused-ring (bicyclic) bond motifs is 2. The molecule has 10 heteroatoms. The van der Waals surface area contributed by atoms with E-state index < -0.39 is 33.3 Å². The van der Waals surface area contributed by atoms with Crippen LogP contribution in [0.3, 0.4) is 0 Å². The molecular formula is C21H20FN3O5S. The molecule has 0 fully saturated rings. The molecule has 2 heterocycles. The summed E-state index contributed by atoms with van der Waals surface area (Å²) in [5.41, 5.74) is 4.46. The van der Waals surface area contributed by atoms with E-state index in [1.54, 1.807) is 0 Å². The van der Waals surface area contributed by atoms with E-state index in [1.165, 1.54) is 28.7 Å². The van der Waals surface area contributed by atoms with Crippen molar-refractivity contribution >= 4 is 27.6 Å². The number of halogens is 1. The van der Waals surface area contributed by atoms with Crippen LogP contribution >= 0.6 is 0 Å². The van der Waals surface area contributed by atoms with E-state index in [0.717, 1.165) is 17.2 Å². The minimum atomic E-state index is -1.55. The van der Waals surface area contributed by atoms with Gasteiger partial charge < -0.3 is 4.74 Å². The van der Waals surface area contributed by atoms with Crippen LogP contribution in [-0.4, -0.2) is 36.4 Å². The highest BCUT2D eigenvalue weighted by Crippen LogP contribution is 2.30. The summed E-state index contributed by atoms with van der Waals surface area (Å²) in [6.07, 6.45) is 2.69. The Morgan fingerprint density at radius 3 is 2.84 bits per heavy atom. The molecule has 2 unspecified atom stereocenters. The summed E-state index contributed by atoms with van der Waals surface area (Å²) in [4.78, 5) is 28.7. The van der Waals surface area contributed by atoms with Gasteiger partial charge in [-0.1, -0.05) is 12.1 Å². The molecule has 1 aliphatic rings. The van der Waals surface area contributed by atoms with E-state index in [1.807, 2.05) is 18.2 Å². The van der Waals surface area contributed by atoms with E-state index in [9.17, 15) is 18.2 Å². The minimum Gasteiger partial charge on any atom is -0.372 e. The summed E-state index contributed by atoms with van der Waals surface area (Å²) in [7, 11) is -1.55. The molecule has 8 nitrogen and oxygen atoms in total. The van der Waals surface area contributed by atoms with Crippen LogP contribution in [0.5, 0.6) is 0 Å². The fourth-order valence-electron chi connectivity index (χ4n) is 3.68. The zero-order valence-electron chi connectivity index (χ0n) is 16.6. The van der Waals surface area contributed by atoms with Gasteiger partial charge in [-0.15, -0.1) is 0 Å². The fourth-order valence-corrected chi connectivity index (χ4v) is 4.47. The molecule has 31 heavy (non-hydrogen) atoms. The first kappa shape index (κ1) is 21.3. The number of benzene rings is 2. The van der Waals surface area contributed by atoms with E-state index in [0.29, 0.717) is 29.9 Å². The molecule has 1 aliphatic heterocycles. The van der Waals surface area contributed by atoms with Crippen LogP contribution in [0, 0.1) is 5.82 Å². The Morgan fingerprint density at radius 1 is 1.32 bits per heavy atom. The lowest BCUT2D eigenvalue weighted by atomic mass is 9.99. The molecule has 0 saturated carbocycles. The summed E-state index contributed by atoms with van der Waals surface area (Å²) in [5.74, 6) is -1.34. The summed E-state index contributed by atoms with van der Waals surface area (Å²) in [6.45, 7) is 1.07. The molecule has 0 saturated heterocycles. The van der Waals surface area contributed by atoms with Crippen molar-refractivity contribution in [3.8, 4) is 11.1 Å². The van der Waals surface area contributed by atoms with Crippen LogP contribution in [0.4, 0.5) is 4.39 Å². The number of nitrogens with one attached hydrogen (secondary N) is 1. The van der Waals surface area contributed by atoms with Crippen molar-refractivity contribution in [3.63, 3.8) is 0 Å². The first-order valence-corrected chi connectivity index (χ1v) is 11.2. The maximum Gasteiger partial charge on any atom is 0.261 e. The Kier molecular flexibility index (Phi) is 5.94. The topological polar surface area (TPSA) is 111 Å². The van der Waals surface area contributed by atoms with Crippen LogP contribution in [-0.2, 0) is 40.1 Å². The van der Waals surface area contributed by atoms with E-state index in [-0.39, 0.29) is 18.4 Å². The quantitative estimate of drug-likeness (QED) is 0.443. The molecule has 2 N–H and O–H groups in total. The fraction of sp³-hybridized carbons (Fsp3) is 0.286. The maximum absolute atomic E-state index is 14.9. The number of aromatic nitrogens is 2. The first-order chi connectivity index (χ1) is 14.9. The third-order valence-electron chi connectivity index (χ3n) is 5.38. The second kappa shape index (κ2) is 8.66. The van der Waals surface area contributed by atoms with Gasteiger partial charge in [0, 0.05) is 29.2 Å². The van der Waals surface area contributed by atoms with Gasteiger partial charge in [-0.05, 0) is 41.3 Å². The van der Waals surface area contributed by atoms with Crippen LogP contribution in [0.25, 0.3) is 22.0 Å². The van der Waals surface area contributed by atoms with Gasteiger partial charge in [-0.3, -0.25) is 23.6 Å². The minimum absolute atomic E-state index is 0.0353. The predicted molar refractivity (Wildman–Crippen MR) is 112 cm³/mol. The third-order valence-corrected chi connectivity index (χ3v) is 6.63. The molecule has 1 aromatic heterocycles. The van der Waals surface area contributed by atoms with E-state index >= 15 is 0 Å². The average molecular weight is 445 g/mol. The van der Waals surface area contributed by atoms with Crippen molar-refractivity contribution < 1.29 is 23.3 Å². The lowest BCUT2D eigenvalue weighted by molar-refractivity contribution is -0.128. The standard InChI is InChI=1S/C21H20FN3O5S/c1-31(29)19(20(26)24-28)4-5-25-11-23-18-8-15(17(22)7-16(18)21(25)27)12-2-3-13-9-30-10-14(13)6-12/h2-3,6-8,11,19,28H,4-5,9-10H2,1H3,(H,24,26). The van der Waals surface area contributed by atoms with Crippen LogP contribution in [0.1, 0.15) is 17.5 Å². The molecule has 4 rings (SSSR count). The van der Waals surface area contributed by atoms with Gasteiger partial charge in [0.2, 0.25) is 0 Å². The molecule has 0 bridgehead atoms. The lowest BCUT2D eigenvalue weighted by Crippen LogP contribution is -2.36. The monoisotopic (exact) mass is 445 g/mol. The number of nitrogens with zero attached hydrogens (tertiary/aromatic N) is 2. The zero-order chi connectivity index (χ0) is 22.1. The Morgan fingerprint density at radius 2 is 2.10 bits per heavy atom. The van der Waals surface area contributed by atoms with Crippen LogP contribution in [0.2, 0.25) is 0 Å². The number of amides is 1. The molecule has 0 aliphatic carbocycles. The summed E-state index contributed by atoms with van der Waals surface area (Å²) < 4.78 is 33.3. The Bertz CT molecular complexity index is 1260. The highest BCUT2D eigenvalue weighted by atomic mass is 32.2. The normalized spacial score (nSPS) is 14.9. The van der Waals surface area contributed by atoms with Crippen molar-refractivity contribution in [2.24, 2.45) is 0 Å². The molecule has 0 spiro atoms. The Hall–Kier alpha value is -2.95. The SMILES string of the molecule is CS(=O)C(CCn1cnc2cc(-c3ccc4c(c3)COC4)c(F)cc2c1=O)C(=O)NO. The number of ether oxygens (including phenoxy) is 1. The van der Waals surface area contributed by atoms with Gasteiger partial charge in [0.25, 0.3) is 11.5 Å². The molecule has 162 valence electrons. The Balaban J connectivity index is 1.66. The average Bonchev–Trinajstić information content (AvgIpc) is 3.22. The largest absolute Gasteiger partial charge is 0.372 e. The number of carbonyl (C=O) groups is 1. The van der Waals surface area contributed by atoms with Gasteiger partial charge in [0.15, 0.2) is 0 Å². The molecule has 2 atom stereocenters. The maximum atomic E-state index is 14.9. The van der Waals surface area contributed by atoms with Crippen molar-refractivity contribution in [1.82, 2.24) is 15.0 Å². The predicted octanol–water partition coefficient (Wildman–Crippen LogP) is 1.88. The van der Waals surface area contributed by atoms with Crippen LogP contribution < -0.4 is 11.0 Å². The molecular weight excluding hydrogens is 425 g/mol. The highest BCUT2D eigenvalue weighted by Gasteiger charge is 2.22. The molecule has 3 aromatic rings. The van der Waals surface area contributed by atoms with Crippen molar-refractivity contribution in [2.45, 2.75) is 31.4 Å². The lowest BCUT2D eigenvalue weighted by Gasteiger charge is -2.13. The van der Waals surface area contributed by atoms with Crippen molar-refractivity contribution in [2.75, 3.05) is 6.26 Å². The van der Waals surface area contributed by atoms with Gasteiger partial charge in [-0.25, -0.2) is 14.9 Å². The second-order valence-corrected chi connectivity index (χ2v) is 8.89. The summed E-state index contributed by atoms with van der Waals surface area (Å²) in [5, 5.41) is 7.90. The van der Waals surface area contributed by atoms with Crippen molar-refractivity contribution in [1.29, 1.82) is 0 Å². The van der Waals surface area contributed by atoms with E-state index in [2.05, 4.69) is 4.98 Å². The first-order valence-electron chi connectivity index (χ1n) is 9.54. The van der Waals surface area contributed by atoms with Gasteiger partial charge >= 0.3 is 0 Å². The third kappa shape index (κ3) is 4.14. The van der Waals surface area contributed by atoms with Gasteiger partial charge in [0.1, 0.15) is 11.1 Å². The number of hydrogen-bond acceptors (Lipinski definition) is 6. The molecule has 2 aromatic carbocycles. The Labute approximate surface area is 179 Å². The number of rotatable bonds is 6. The van der Waals surface area contributed by atoms with Crippen molar-refractivity contribution in [3.05, 3.63) is 64.0 Å². The summed E-state index contributed by atoms with van der Waals surface area (Å²) in [6, 6.07) is 8.30. The second-order valence-electron chi connectivity index (χ2n) is 7.32. The smallest absolute Gasteiger partial charge is 0.261 e. The number of hydroxylamine groups is 1. The summed E-state index contributed by atoms with van der Waals surface area (Å²) >= 11 is 0. The van der Waals surface area contributed by atoms with Gasteiger partial charge in [0.05, 0.1) is 30.4 Å². The zero-order valence-corrected chi connectivity index (χ0v) is 17.4. The molecule has 0 radical (unpaired) electrons. The molecule has 1 amide bonds. The van der Waals surface area contributed by atoms with E-state index in [4.69, 9.17) is 9.94 Å². The van der Waals surface area contributed by atoms with Crippen LogP contribution in [0.15, 0.2) is 41.5 Å². The van der Waals surface area contributed by atoms with Gasteiger partial charge in [-0.2, -0.15) is 0 Å². The number of aryl methyl sites for hydroxylation is 1. The highest BCUT2D eigenvalue weighted by molar-refractivity contribution is 7.85. The number of carbonyl (C=O) groups excluding carboxylic acids is 1. The number of hydrogen-bond donors (Lipinski definition) is 2.